The van der Waals surface area contributed by atoms with Gasteiger partial charge in [0, 0.05) is 25.4 Å². The SMILES string of the molecule is CCOc1cccc(CNCCOc2ccccn2)c1.Cl. The number of pyridine rings is 1. The summed E-state index contributed by atoms with van der Waals surface area (Å²) in [5.41, 5.74) is 1.20. The molecule has 0 saturated carbocycles. The van der Waals surface area contributed by atoms with E-state index < -0.39 is 0 Å². The number of aromatic nitrogens is 1. The first kappa shape index (κ1) is 17.3. The van der Waals surface area contributed by atoms with Gasteiger partial charge in [-0.15, -0.1) is 12.4 Å². The molecule has 0 aliphatic rings. The summed E-state index contributed by atoms with van der Waals surface area (Å²) in [4.78, 5) is 4.10. The smallest absolute Gasteiger partial charge is 0.213 e. The summed E-state index contributed by atoms with van der Waals surface area (Å²) in [7, 11) is 0. The lowest BCUT2D eigenvalue weighted by molar-refractivity contribution is 0.302. The Morgan fingerprint density at radius 1 is 1.10 bits per heavy atom. The molecule has 0 spiro atoms. The van der Waals surface area contributed by atoms with Crippen molar-refractivity contribution < 1.29 is 9.47 Å². The Bertz CT molecular complexity index is 509. The van der Waals surface area contributed by atoms with E-state index in [4.69, 9.17) is 9.47 Å². The minimum absolute atomic E-state index is 0. The first-order valence-electron chi connectivity index (χ1n) is 6.85. The average molecular weight is 309 g/mol. The van der Waals surface area contributed by atoms with E-state index in [2.05, 4.69) is 22.4 Å². The number of ether oxygens (including phenoxy) is 2. The molecule has 0 aliphatic heterocycles. The molecule has 5 heteroatoms. The Labute approximate surface area is 131 Å². The zero-order valence-corrected chi connectivity index (χ0v) is 12.9. The molecule has 1 N–H and O–H groups in total. The Kier molecular flexibility index (Phi) is 8.24. The molecule has 0 aliphatic carbocycles. The Morgan fingerprint density at radius 2 is 2.00 bits per heavy atom. The molecule has 0 radical (unpaired) electrons. The lowest BCUT2D eigenvalue weighted by Crippen LogP contribution is -2.20. The third-order valence-corrected chi connectivity index (χ3v) is 2.71. The van der Waals surface area contributed by atoms with Gasteiger partial charge in [-0.05, 0) is 30.7 Å². The van der Waals surface area contributed by atoms with Gasteiger partial charge in [-0.2, -0.15) is 0 Å². The first-order valence-corrected chi connectivity index (χ1v) is 6.85. The molecule has 0 unspecified atom stereocenters. The van der Waals surface area contributed by atoms with E-state index in [0.717, 1.165) is 18.8 Å². The molecule has 1 aromatic heterocycles. The normalized spacial score (nSPS) is 9.76. The van der Waals surface area contributed by atoms with Gasteiger partial charge in [-0.1, -0.05) is 18.2 Å². The predicted molar refractivity (Wildman–Crippen MR) is 86.3 cm³/mol. The van der Waals surface area contributed by atoms with E-state index >= 15 is 0 Å². The minimum Gasteiger partial charge on any atom is -0.494 e. The largest absolute Gasteiger partial charge is 0.494 e. The number of rotatable bonds is 8. The molecule has 2 rings (SSSR count). The molecule has 2 aromatic rings. The van der Waals surface area contributed by atoms with Crippen LogP contribution in [-0.4, -0.2) is 24.7 Å². The maximum Gasteiger partial charge on any atom is 0.213 e. The van der Waals surface area contributed by atoms with Gasteiger partial charge in [-0.3, -0.25) is 0 Å². The topological polar surface area (TPSA) is 43.4 Å². The van der Waals surface area contributed by atoms with Crippen molar-refractivity contribution in [3.05, 3.63) is 54.2 Å². The van der Waals surface area contributed by atoms with Gasteiger partial charge in [0.25, 0.3) is 0 Å². The summed E-state index contributed by atoms with van der Waals surface area (Å²) >= 11 is 0. The maximum absolute atomic E-state index is 5.51. The molecule has 4 nitrogen and oxygen atoms in total. The molecule has 0 fully saturated rings. The highest BCUT2D eigenvalue weighted by Crippen LogP contribution is 2.12. The second-order valence-electron chi connectivity index (χ2n) is 4.27. The molecule has 0 saturated heterocycles. The van der Waals surface area contributed by atoms with Crippen molar-refractivity contribution in [3.63, 3.8) is 0 Å². The Hall–Kier alpha value is -1.78. The van der Waals surface area contributed by atoms with Crippen molar-refractivity contribution in [2.24, 2.45) is 0 Å². The van der Waals surface area contributed by atoms with E-state index in [-0.39, 0.29) is 12.4 Å². The van der Waals surface area contributed by atoms with Crippen LogP contribution in [0.15, 0.2) is 48.7 Å². The summed E-state index contributed by atoms with van der Waals surface area (Å²) in [5, 5.41) is 3.33. The van der Waals surface area contributed by atoms with Crippen LogP contribution in [0.3, 0.4) is 0 Å². The number of hydrogen-bond acceptors (Lipinski definition) is 4. The van der Waals surface area contributed by atoms with E-state index in [1.807, 2.05) is 37.3 Å². The van der Waals surface area contributed by atoms with Gasteiger partial charge in [0.15, 0.2) is 0 Å². The molecule has 0 atom stereocenters. The van der Waals surface area contributed by atoms with Crippen LogP contribution in [-0.2, 0) is 6.54 Å². The van der Waals surface area contributed by atoms with Crippen LogP contribution >= 0.6 is 12.4 Å². The van der Waals surface area contributed by atoms with E-state index in [0.29, 0.717) is 19.1 Å². The fraction of sp³-hybridized carbons (Fsp3) is 0.312. The predicted octanol–water partition coefficient (Wildman–Crippen LogP) is 3.07. The Balaban J connectivity index is 0.00000220. The highest BCUT2D eigenvalue weighted by Gasteiger charge is 1.97. The zero-order valence-electron chi connectivity index (χ0n) is 12.1. The van der Waals surface area contributed by atoms with Crippen LogP contribution in [0.5, 0.6) is 11.6 Å². The van der Waals surface area contributed by atoms with Crippen molar-refractivity contribution in [2.75, 3.05) is 19.8 Å². The van der Waals surface area contributed by atoms with Crippen LogP contribution in [0.1, 0.15) is 12.5 Å². The van der Waals surface area contributed by atoms with Crippen LogP contribution in [0, 0.1) is 0 Å². The number of hydrogen-bond donors (Lipinski definition) is 1. The number of benzene rings is 1. The lowest BCUT2D eigenvalue weighted by Gasteiger charge is -2.08. The van der Waals surface area contributed by atoms with Crippen molar-refractivity contribution in [1.82, 2.24) is 10.3 Å². The monoisotopic (exact) mass is 308 g/mol. The zero-order chi connectivity index (χ0) is 14.0. The number of nitrogens with zero attached hydrogens (tertiary/aromatic N) is 1. The second-order valence-corrected chi connectivity index (χ2v) is 4.27. The molecule has 1 heterocycles. The molecular formula is C16H21ClN2O2. The van der Waals surface area contributed by atoms with Crippen molar-refractivity contribution in [1.29, 1.82) is 0 Å². The summed E-state index contributed by atoms with van der Waals surface area (Å²) in [6.45, 7) is 4.85. The van der Waals surface area contributed by atoms with Crippen molar-refractivity contribution >= 4 is 12.4 Å². The van der Waals surface area contributed by atoms with Crippen LogP contribution in [0.4, 0.5) is 0 Å². The van der Waals surface area contributed by atoms with Gasteiger partial charge >= 0.3 is 0 Å². The van der Waals surface area contributed by atoms with E-state index in [9.17, 15) is 0 Å². The number of nitrogens with one attached hydrogen (secondary N) is 1. The van der Waals surface area contributed by atoms with Gasteiger partial charge < -0.3 is 14.8 Å². The van der Waals surface area contributed by atoms with Crippen molar-refractivity contribution in [3.8, 4) is 11.6 Å². The highest BCUT2D eigenvalue weighted by molar-refractivity contribution is 5.85. The fourth-order valence-corrected chi connectivity index (χ4v) is 1.80. The summed E-state index contributed by atoms with van der Waals surface area (Å²) in [5.74, 6) is 1.57. The van der Waals surface area contributed by atoms with E-state index in [1.54, 1.807) is 6.20 Å². The molecule has 0 amide bonds. The third-order valence-electron chi connectivity index (χ3n) is 2.71. The maximum atomic E-state index is 5.51. The molecule has 1 aromatic carbocycles. The molecular weight excluding hydrogens is 288 g/mol. The summed E-state index contributed by atoms with van der Waals surface area (Å²) in [6, 6.07) is 13.7. The third kappa shape index (κ3) is 6.47. The van der Waals surface area contributed by atoms with E-state index in [1.165, 1.54) is 5.56 Å². The molecule has 114 valence electrons. The van der Waals surface area contributed by atoms with Gasteiger partial charge in [0.05, 0.1) is 6.61 Å². The van der Waals surface area contributed by atoms with Crippen LogP contribution < -0.4 is 14.8 Å². The lowest BCUT2D eigenvalue weighted by atomic mass is 10.2. The van der Waals surface area contributed by atoms with Gasteiger partial charge in [-0.25, -0.2) is 4.98 Å². The summed E-state index contributed by atoms with van der Waals surface area (Å²) in [6.07, 6.45) is 1.72. The summed E-state index contributed by atoms with van der Waals surface area (Å²) < 4.78 is 11.0. The highest BCUT2D eigenvalue weighted by atomic mass is 35.5. The van der Waals surface area contributed by atoms with Crippen LogP contribution in [0.2, 0.25) is 0 Å². The van der Waals surface area contributed by atoms with Crippen LogP contribution in [0.25, 0.3) is 0 Å². The fourth-order valence-electron chi connectivity index (χ4n) is 1.80. The quantitative estimate of drug-likeness (QED) is 0.761. The Morgan fingerprint density at radius 3 is 2.76 bits per heavy atom. The first-order chi connectivity index (χ1) is 9.88. The average Bonchev–Trinajstić information content (AvgIpc) is 2.49. The number of halogens is 1. The minimum atomic E-state index is 0. The van der Waals surface area contributed by atoms with Crippen molar-refractivity contribution in [2.45, 2.75) is 13.5 Å². The second kappa shape index (κ2) is 10.0. The standard InChI is InChI=1S/C16H20N2O2.ClH/c1-2-19-15-7-5-6-14(12-15)13-17-10-11-20-16-8-3-4-9-18-16;/h3-9,12,17H,2,10-11,13H2,1H3;1H. The van der Waals surface area contributed by atoms with Gasteiger partial charge in [0.2, 0.25) is 5.88 Å². The molecule has 21 heavy (non-hydrogen) atoms. The van der Waals surface area contributed by atoms with Gasteiger partial charge in [0.1, 0.15) is 12.4 Å². The molecule has 0 bridgehead atoms.